The Labute approximate surface area is 177 Å². The van der Waals surface area contributed by atoms with Crippen LogP contribution < -0.4 is 10.1 Å². The van der Waals surface area contributed by atoms with Crippen molar-refractivity contribution in [3.63, 3.8) is 0 Å². The zero-order chi connectivity index (χ0) is 20.1. The number of amides is 1. The Morgan fingerprint density at radius 1 is 1.29 bits per heavy atom. The normalized spacial score (nSPS) is 11.9. The molecule has 2 aromatic carbocycles. The Hall–Kier alpha value is -2.25. The standard InChI is InChI=1S/C21H21BrN2O3S/c1-13-10-16(27-24-13)12-28-20-7-5-4-6-17(20)21(25)23-14(2)15-8-9-19(26-3)18(22)11-15/h4-11,14H,12H2,1-3H3,(H,23,25). The minimum atomic E-state index is -0.148. The molecule has 0 fully saturated rings. The van der Waals surface area contributed by atoms with Crippen LogP contribution in [0.5, 0.6) is 5.75 Å². The predicted molar refractivity (Wildman–Crippen MR) is 114 cm³/mol. The fourth-order valence-electron chi connectivity index (χ4n) is 2.72. The molecule has 0 saturated heterocycles. The Morgan fingerprint density at radius 2 is 2.07 bits per heavy atom. The van der Waals surface area contributed by atoms with Gasteiger partial charge in [0.15, 0.2) is 0 Å². The Morgan fingerprint density at radius 3 is 2.75 bits per heavy atom. The van der Waals surface area contributed by atoms with Crippen molar-refractivity contribution in [3.05, 3.63) is 75.6 Å². The van der Waals surface area contributed by atoms with Crippen molar-refractivity contribution < 1.29 is 14.1 Å². The van der Waals surface area contributed by atoms with E-state index in [0.717, 1.165) is 32.1 Å². The van der Waals surface area contributed by atoms with Crippen molar-refractivity contribution in [2.75, 3.05) is 7.11 Å². The Bertz CT molecular complexity index is 974. The van der Waals surface area contributed by atoms with E-state index >= 15 is 0 Å². The van der Waals surface area contributed by atoms with Gasteiger partial charge in [0.05, 0.1) is 34.6 Å². The first-order chi connectivity index (χ1) is 13.5. The molecule has 0 saturated carbocycles. The van der Waals surface area contributed by atoms with Crippen molar-refractivity contribution in [2.45, 2.75) is 30.5 Å². The van der Waals surface area contributed by atoms with Crippen LogP contribution in [0.15, 0.2) is 62.4 Å². The summed E-state index contributed by atoms with van der Waals surface area (Å²) >= 11 is 5.04. The molecule has 1 heterocycles. The second-order valence-corrected chi connectivity index (χ2v) is 8.18. The highest BCUT2D eigenvalue weighted by atomic mass is 79.9. The van der Waals surface area contributed by atoms with Crippen LogP contribution in [0.25, 0.3) is 0 Å². The van der Waals surface area contributed by atoms with Gasteiger partial charge >= 0.3 is 0 Å². The molecule has 7 heteroatoms. The van der Waals surface area contributed by atoms with Crippen LogP contribution >= 0.6 is 27.7 Å². The summed E-state index contributed by atoms with van der Waals surface area (Å²) in [6.45, 7) is 3.84. The predicted octanol–water partition coefficient (Wildman–Crippen LogP) is 5.54. The number of rotatable bonds is 7. The lowest BCUT2D eigenvalue weighted by Gasteiger charge is -2.17. The lowest BCUT2D eigenvalue weighted by atomic mass is 10.1. The maximum atomic E-state index is 12.9. The van der Waals surface area contributed by atoms with Crippen LogP contribution in [0.1, 0.15) is 40.3 Å². The molecule has 0 aliphatic heterocycles. The summed E-state index contributed by atoms with van der Waals surface area (Å²) in [5, 5.41) is 6.97. The molecule has 0 aliphatic carbocycles. The maximum absolute atomic E-state index is 12.9. The number of hydrogen-bond donors (Lipinski definition) is 1. The number of carbonyl (C=O) groups excluding carboxylic acids is 1. The van der Waals surface area contributed by atoms with Gasteiger partial charge in [-0.05, 0) is 59.6 Å². The Kier molecular flexibility index (Phi) is 6.80. The van der Waals surface area contributed by atoms with Gasteiger partial charge in [-0.3, -0.25) is 4.79 Å². The van der Waals surface area contributed by atoms with Gasteiger partial charge in [0.1, 0.15) is 11.5 Å². The largest absolute Gasteiger partial charge is 0.496 e. The van der Waals surface area contributed by atoms with E-state index in [1.54, 1.807) is 18.9 Å². The summed E-state index contributed by atoms with van der Waals surface area (Å²) in [5.41, 5.74) is 2.48. The van der Waals surface area contributed by atoms with Crippen molar-refractivity contribution in [1.29, 1.82) is 0 Å². The molecule has 1 unspecified atom stereocenters. The van der Waals surface area contributed by atoms with Crippen LogP contribution in [0.3, 0.4) is 0 Å². The number of nitrogens with zero attached hydrogens (tertiary/aromatic N) is 1. The molecular formula is C21H21BrN2O3S. The molecule has 0 aliphatic rings. The van der Waals surface area contributed by atoms with Gasteiger partial charge in [-0.15, -0.1) is 11.8 Å². The van der Waals surface area contributed by atoms with Crippen LogP contribution in [0.2, 0.25) is 0 Å². The van der Waals surface area contributed by atoms with E-state index in [2.05, 4.69) is 26.4 Å². The van der Waals surface area contributed by atoms with Crippen LogP contribution in [-0.2, 0) is 5.75 Å². The van der Waals surface area contributed by atoms with Crippen molar-refractivity contribution in [1.82, 2.24) is 10.5 Å². The smallest absolute Gasteiger partial charge is 0.252 e. The average Bonchev–Trinajstić information content (AvgIpc) is 3.11. The molecular weight excluding hydrogens is 440 g/mol. The number of carbonyl (C=O) groups is 1. The number of aryl methyl sites for hydroxylation is 1. The highest BCUT2D eigenvalue weighted by Gasteiger charge is 2.16. The summed E-state index contributed by atoms with van der Waals surface area (Å²) in [7, 11) is 1.62. The van der Waals surface area contributed by atoms with Gasteiger partial charge in [-0.1, -0.05) is 23.4 Å². The number of halogens is 1. The molecule has 0 bridgehead atoms. The van der Waals surface area contributed by atoms with Gasteiger partial charge < -0.3 is 14.6 Å². The first-order valence-corrected chi connectivity index (χ1v) is 10.5. The van der Waals surface area contributed by atoms with E-state index in [-0.39, 0.29) is 11.9 Å². The van der Waals surface area contributed by atoms with Gasteiger partial charge in [0.25, 0.3) is 5.91 Å². The Balaban J connectivity index is 1.70. The van der Waals surface area contributed by atoms with Gasteiger partial charge in [0.2, 0.25) is 0 Å². The number of benzene rings is 2. The number of hydrogen-bond acceptors (Lipinski definition) is 5. The molecule has 28 heavy (non-hydrogen) atoms. The number of methoxy groups -OCH3 is 1. The van der Waals surface area contributed by atoms with Crippen molar-refractivity contribution in [3.8, 4) is 5.75 Å². The summed E-state index contributed by atoms with van der Waals surface area (Å²) in [6, 6.07) is 15.1. The van der Waals surface area contributed by atoms with E-state index < -0.39 is 0 Å². The third-order valence-corrected chi connectivity index (χ3v) is 5.92. The van der Waals surface area contributed by atoms with Crippen LogP contribution in [0, 0.1) is 6.92 Å². The molecule has 1 amide bonds. The quantitative estimate of drug-likeness (QED) is 0.469. The molecule has 1 N–H and O–H groups in total. The van der Waals surface area contributed by atoms with E-state index in [1.165, 1.54) is 0 Å². The molecule has 5 nitrogen and oxygen atoms in total. The summed E-state index contributed by atoms with van der Waals surface area (Å²) in [5.74, 6) is 2.05. The summed E-state index contributed by atoms with van der Waals surface area (Å²) in [4.78, 5) is 13.8. The zero-order valence-corrected chi connectivity index (χ0v) is 18.3. The SMILES string of the molecule is COc1ccc(C(C)NC(=O)c2ccccc2SCc2cc(C)no2)cc1Br. The molecule has 1 aromatic heterocycles. The highest BCUT2D eigenvalue weighted by Crippen LogP contribution is 2.29. The van der Waals surface area contributed by atoms with Gasteiger partial charge in [-0.25, -0.2) is 0 Å². The third-order valence-electron chi connectivity index (χ3n) is 4.20. The van der Waals surface area contributed by atoms with E-state index in [4.69, 9.17) is 9.26 Å². The topological polar surface area (TPSA) is 64.4 Å². The molecule has 3 aromatic rings. The maximum Gasteiger partial charge on any atom is 0.252 e. The lowest BCUT2D eigenvalue weighted by molar-refractivity contribution is 0.0937. The molecule has 146 valence electrons. The van der Waals surface area contributed by atoms with Gasteiger partial charge in [0, 0.05) is 11.0 Å². The number of aromatic nitrogens is 1. The second-order valence-electron chi connectivity index (χ2n) is 6.31. The minimum Gasteiger partial charge on any atom is -0.496 e. The molecule has 0 spiro atoms. The number of nitrogens with one attached hydrogen (secondary N) is 1. The minimum absolute atomic E-state index is 0.115. The number of thioether (sulfide) groups is 1. The van der Waals surface area contributed by atoms with E-state index in [9.17, 15) is 4.79 Å². The molecule has 1 atom stereocenters. The monoisotopic (exact) mass is 460 g/mol. The zero-order valence-electron chi connectivity index (χ0n) is 15.9. The molecule has 3 rings (SSSR count). The van der Waals surface area contributed by atoms with E-state index in [0.29, 0.717) is 11.3 Å². The fraction of sp³-hybridized carbons (Fsp3) is 0.238. The number of ether oxygens (including phenoxy) is 1. The highest BCUT2D eigenvalue weighted by molar-refractivity contribution is 9.10. The molecule has 0 radical (unpaired) electrons. The van der Waals surface area contributed by atoms with Crippen molar-refractivity contribution >= 4 is 33.6 Å². The second kappa shape index (κ2) is 9.30. The van der Waals surface area contributed by atoms with E-state index in [1.807, 2.05) is 62.4 Å². The van der Waals surface area contributed by atoms with Crippen LogP contribution in [-0.4, -0.2) is 18.2 Å². The first-order valence-electron chi connectivity index (χ1n) is 8.76. The summed E-state index contributed by atoms with van der Waals surface area (Å²) < 4.78 is 11.4. The lowest BCUT2D eigenvalue weighted by Crippen LogP contribution is -2.27. The van der Waals surface area contributed by atoms with Crippen LogP contribution in [0.4, 0.5) is 0 Å². The average molecular weight is 461 g/mol. The first kappa shape index (κ1) is 20.5. The summed E-state index contributed by atoms with van der Waals surface area (Å²) in [6.07, 6.45) is 0. The fourth-order valence-corrected chi connectivity index (χ4v) is 4.21. The third kappa shape index (κ3) is 4.97. The van der Waals surface area contributed by atoms with Crippen molar-refractivity contribution in [2.24, 2.45) is 0 Å². The van der Waals surface area contributed by atoms with Gasteiger partial charge in [-0.2, -0.15) is 0 Å².